The molecule has 33 heavy (non-hydrogen) atoms. The third-order valence-electron chi connectivity index (χ3n) is 4.31. The van der Waals surface area contributed by atoms with Gasteiger partial charge in [0.05, 0.1) is 23.7 Å². The number of carbonyl (C=O) groups excluding carboxylic acids is 1. The molecule has 174 valence electrons. The number of nitrogens with zero attached hydrogens (tertiary/aromatic N) is 1. The minimum absolute atomic E-state index is 0.0586. The average Bonchev–Trinajstić information content (AvgIpc) is 2.74. The third-order valence-corrected chi connectivity index (χ3v) is 4.31. The smallest absolute Gasteiger partial charge is 0.431 e. The highest BCUT2D eigenvalue weighted by Crippen LogP contribution is 2.25. The normalized spacial score (nSPS) is 11.2. The van der Waals surface area contributed by atoms with Crippen molar-refractivity contribution in [2.75, 3.05) is 13.2 Å². The molecule has 1 heterocycles. The van der Waals surface area contributed by atoms with Crippen molar-refractivity contribution in [2.24, 2.45) is 0 Å². The maximum Gasteiger partial charge on any atom is 0.431 e. The highest BCUT2D eigenvalue weighted by Gasteiger charge is 2.16. The van der Waals surface area contributed by atoms with Crippen molar-refractivity contribution < 1.29 is 28.4 Å². The molecule has 3 aromatic rings. The van der Waals surface area contributed by atoms with Crippen LogP contribution in [-0.2, 0) is 9.57 Å². The number of amides is 1. The van der Waals surface area contributed by atoms with E-state index in [1.54, 1.807) is 45.0 Å². The van der Waals surface area contributed by atoms with E-state index in [-0.39, 0.29) is 12.3 Å². The zero-order valence-electron chi connectivity index (χ0n) is 18.5. The molecule has 0 atom stereocenters. The topological polar surface area (TPSA) is 130 Å². The van der Waals surface area contributed by atoms with Gasteiger partial charge in [-0.15, -0.1) is 0 Å². The standard InChI is InChI=1S/C23H24N2O8/c1-23(2,3)33-22(27)24-31-12-4-11-30-18-10-7-16-13-19(21(26)32-20(16)14-18)15-5-8-17(9-6-15)25(28)29/h5-10,13-14H,4,11-12H2,1-3H3,(H,24,27). The number of rotatable bonds is 8. The van der Waals surface area contributed by atoms with Gasteiger partial charge in [-0.3, -0.25) is 15.0 Å². The molecule has 2 aromatic carbocycles. The molecule has 10 nitrogen and oxygen atoms in total. The summed E-state index contributed by atoms with van der Waals surface area (Å²) in [7, 11) is 0. The lowest BCUT2D eigenvalue weighted by atomic mass is 10.1. The predicted octanol–water partition coefficient (Wildman–Crippen LogP) is 4.59. The lowest BCUT2D eigenvalue weighted by Gasteiger charge is -2.19. The van der Waals surface area contributed by atoms with E-state index in [0.717, 1.165) is 0 Å². The highest BCUT2D eigenvalue weighted by molar-refractivity contribution is 5.82. The Kier molecular flexibility index (Phi) is 7.29. The summed E-state index contributed by atoms with van der Waals surface area (Å²) in [5, 5.41) is 11.5. The van der Waals surface area contributed by atoms with Gasteiger partial charge in [-0.2, -0.15) is 5.48 Å². The van der Waals surface area contributed by atoms with Crippen molar-refractivity contribution in [3.63, 3.8) is 0 Å². The Labute approximate surface area is 189 Å². The van der Waals surface area contributed by atoms with Crippen molar-refractivity contribution in [3.8, 4) is 16.9 Å². The Morgan fingerprint density at radius 2 is 1.82 bits per heavy atom. The quantitative estimate of drug-likeness (QED) is 0.225. The van der Waals surface area contributed by atoms with Crippen LogP contribution in [0.1, 0.15) is 27.2 Å². The number of hydroxylamine groups is 1. The first kappa shape index (κ1) is 23.7. The molecule has 10 heteroatoms. The summed E-state index contributed by atoms with van der Waals surface area (Å²) in [6.07, 6.45) is -0.169. The van der Waals surface area contributed by atoms with Crippen molar-refractivity contribution in [2.45, 2.75) is 32.8 Å². The molecule has 0 fully saturated rings. The first-order valence-electron chi connectivity index (χ1n) is 10.2. The molecule has 0 spiro atoms. The van der Waals surface area contributed by atoms with E-state index in [9.17, 15) is 19.7 Å². The van der Waals surface area contributed by atoms with Crippen LogP contribution in [0, 0.1) is 10.1 Å². The number of carbonyl (C=O) groups is 1. The molecule has 3 rings (SSSR count). The molecular weight excluding hydrogens is 432 g/mol. The van der Waals surface area contributed by atoms with E-state index >= 15 is 0 Å². The number of nitrogens with one attached hydrogen (secondary N) is 1. The summed E-state index contributed by atoms with van der Waals surface area (Å²) < 4.78 is 16.1. The van der Waals surface area contributed by atoms with Gasteiger partial charge in [-0.25, -0.2) is 9.59 Å². The van der Waals surface area contributed by atoms with E-state index < -0.39 is 22.2 Å². The largest absolute Gasteiger partial charge is 0.493 e. The minimum atomic E-state index is -0.666. The van der Waals surface area contributed by atoms with Gasteiger partial charge in [-0.05, 0) is 56.7 Å². The summed E-state index contributed by atoms with van der Waals surface area (Å²) in [4.78, 5) is 39.2. The fourth-order valence-electron chi connectivity index (χ4n) is 2.88. The number of nitro groups is 1. The first-order valence-corrected chi connectivity index (χ1v) is 10.2. The molecule has 0 unspecified atom stereocenters. The van der Waals surface area contributed by atoms with Gasteiger partial charge >= 0.3 is 11.7 Å². The van der Waals surface area contributed by atoms with Crippen LogP contribution in [0.3, 0.4) is 0 Å². The molecule has 0 aliphatic carbocycles. The van der Waals surface area contributed by atoms with Gasteiger partial charge < -0.3 is 13.9 Å². The second-order valence-electron chi connectivity index (χ2n) is 8.11. The van der Waals surface area contributed by atoms with Crippen LogP contribution in [0.4, 0.5) is 10.5 Å². The van der Waals surface area contributed by atoms with Crippen LogP contribution in [0.2, 0.25) is 0 Å². The van der Waals surface area contributed by atoms with Crippen LogP contribution >= 0.6 is 0 Å². The zero-order chi connectivity index (χ0) is 24.0. The summed E-state index contributed by atoms with van der Waals surface area (Å²) in [5.41, 5.74) is 2.15. The molecule has 0 aliphatic heterocycles. The van der Waals surface area contributed by atoms with E-state index in [0.29, 0.717) is 40.9 Å². The third kappa shape index (κ3) is 6.78. The molecule has 0 bridgehead atoms. The molecule has 0 aliphatic rings. The predicted molar refractivity (Wildman–Crippen MR) is 120 cm³/mol. The van der Waals surface area contributed by atoms with Crippen LogP contribution in [0.25, 0.3) is 22.1 Å². The van der Waals surface area contributed by atoms with Gasteiger partial charge in [-0.1, -0.05) is 0 Å². The molecule has 1 aromatic heterocycles. The number of benzene rings is 2. The van der Waals surface area contributed by atoms with Crippen LogP contribution < -0.4 is 15.8 Å². The van der Waals surface area contributed by atoms with Crippen molar-refractivity contribution in [1.29, 1.82) is 0 Å². The summed E-state index contributed by atoms with van der Waals surface area (Å²) in [5.74, 6) is 0.508. The Bertz CT molecular complexity index is 1200. The second-order valence-corrected chi connectivity index (χ2v) is 8.11. The summed E-state index contributed by atoms with van der Waals surface area (Å²) >= 11 is 0. The number of hydrogen-bond donors (Lipinski definition) is 1. The van der Waals surface area contributed by atoms with Gasteiger partial charge in [0.15, 0.2) is 0 Å². The molecule has 0 saturated carbocycles. The second kappa shape index (κ2) is 10.1. The van der Waals surface area contributed by atoms with Crippen molar-refractivity contribution >= 4 is 22.7 Å². The first-order chi connectivity index (χ1) is 15.6. The van der Waals surface area contributed by atoms with Crippen molar-refractivity contribution in [1.82, 2.24) is 5.48 Å². The maximum atomic E-state index is 12.4. The number of non-ortho nitro benzene ring substituents is 1. The Morgan fingerprint density at radius 3 is 2.48 bits per heavy atom. The minimum Gasteiger partial charge on any atom is -0.493 e. The molecule has 0 radical (unpaired) electrons. The molecule has 1 amide bonds. The van der Waals surface area contributed by atoms with Crippen LogP contribution in [-0.4, -0.2) is 29.8 Å². The molecular formula is C23H24N2O8. The fourth-order valence-corrected chi connectivity index (χ4v) is 2.88. The number of ether oxygens (including phenoxy) is 2. The molecule has 0 saturated heterocycles. The summed E-state index contributed by atoms with van der Waals surface area (Å²) in [6, 6.07) is 12.5. The van der Waals surface area contributed by atoms with Gasteiger partial charge in [0.25, 0.3) is 5.69 Å². The Balaban J connectivity index is 1.56. The van der Waals surface area contributed by atoms with Crippen LogP contribution in [0.15, 0.2) is 57.7 Å². The van der Waals surface area contributed by atoms with E-state index in [2.05, 4.69) is 5.48 Å². The van der Waals surface area contributed by atoms with Gasteiger partial charge in [0.2, 0.25) is 0 Å². The van der Waals surface area contributed by atoms with E-state index in [1.165, 1.54) is 24.3 Å². The van der Waals surface area contributed by atoms with Gasteiger partial charge in [0.1, 0.15) is 16.9 Å². The lowest BCUT2D eigenvalue weighted by molar-refractivity contribution is -0.384. The van der Waals surface area contributed by atoms with Crippen molar-refractivity contribution in [3.05, 3.63) is 69.1 Å². The number of hydrogen-bond acceptors (Lipinski definition) is 8. The van der Waals surface area contributed by atoms with Gasteiger partial charge in [0, 0.05) is 30.0 Å². The van der Waals surface area contributed by atoms with Crippen LogP contribution in [0.5, 0.6) is 5.75 Å². The SMILES string of the molecule is CC(C)(C)OC(=O)NOCCCOc1ccc2cc(-c3ccc([N+](=O)[O-])cc3)c(=O)oc2c1. The summed E-state index contributed by atoms with van der Waals surface area (Å²) in [6.45, 7) is 5.79. The van der Waals surface area contributed by atoms with E-state index in [4.69, 9.17) is 18.7 Å². The monoisotopic (exact) mass is 456 g/mol. The zero-order valence-corrected chi connectivity index (χ0v) is 18.5. The molecule has 1 N–H and O–H groups in total. The highest BCUT2D eigenvalue weighted by atomic mass is 16.7. The Hall–Kier alpha value is -3.92. The fraction of sp³-hybridized carbons (Fsp3) is 0.304. The Morgan fingerprint density at radius 1 is 1.09 bits per heavy atom. The maximum absolute atomic E-state index is 12.4. The van der Waals surface area contributed by atoms with E-state index in [1.807, 2.05) is 0 Å². The lowest BCUT2D eigenvalue weighted by Crippen LogP contribution is -2.32. The number of nitro benzene ring substituents is 1. The number of fused-ring (bicyclic) bond motifs is 1. The average molecular weight is 456 g/mol.